The Bertz CT molecular complexity index is 1460. The van der Waals surface area contributed by atoms with Gasteiger partial charge < -0.3 is 8.83 Å². The molecule has 0 aliphatic carbocycles. The van der Waals surface area contributed by atoms with Crippen molar-refractivity contribution >= 4 is 33.0 Å². The predicted molar refractivity (Wildman–Crippen MR) is 112 cm³/mol. The molecule has 0 unspecified atom stereocenters. The summed E-state index contributed by atoms with van der Waals surface area (Å²) >= 11 is 0. The van der Waals surface area contributed by atoms with E-state index < -0.39 is 0 Å². The molecule has 0 aliphatic heterocycles. The van der Waals surface area contributed by atoms with E-state index >= 15 is 0 Å². The fourth-order valence-electron chi connectivity index (χ4n) is 3.77. The maximum Gasteiger partial charge on any atom is 0.153 e. The van der Waals surface area contributed by atoms with Gasteiger partial charge in [-0.25, -0.2) is 4.98 Å². The Kier molecular flexibility index (Phi) is 3.17. The number of para-hydroxylation sites is 2. The fourth-order valence-corrected chi connectivity index (χ4v) is 3.77. The zero-order valence-electron chi connectivity index (χ0n) is 14.9. The van der Waals surface area contributed by atoms with Crippen LogP contribution in [0.3, 0.4) is 0 Å². The lowest BCUT2D eigenvalue weighted by Crippen LogP contribution is -1.83. The van der Waals surface area contributed by atoms with Crippen molar-refractivity contribution in [2.75, 3.05) is 0 Å². The monoisotopic (exact) mass is 361 g/mol. The molecule has 0 atom stereocenters. The summed E-state index contributed by atoms with van der Waals surface area (Å²) in [5, 5.41) is 2.22. The molecule has 3 aromatic carbocycles. The number of nitrogens with zero attached hydrogens (tertiary/aromatic N) is 1. The van der Waals surface area contributed by atoms with Crippen LogP contribution in [0.15, 0.2) is 99.8 Å². The summed E-state index contributed by atoms with van der Waals surface area (Å²) in [5.74, 6) is 0.821. The SMILES string of the molecule is c1ccc(-c2cc3nc(-c4cccc5c4oc4ccccc45)ccc3o2)cc1. The number of fused-ring (bicyclic) bond motifs is 4. The molecule has 0 amide bonds. The van der Waals surface area contributed by atoms with Crippen LogP contribution >= 0.6 is 0 Å². The summed E-state index contributed by atoms with van der Waals surface area (Å²) in [4.78, 5) is 4.86. The molecule has 3 heterocycles. The van der Waals surface area contributed by atoms with Crippen LogP contribution in [0.2, 0.25) is 0 Å². The average Bonchev–Trinajstić information content (AvgIpc) is 3.35. The van der Waals surface area contributed by atoms with Gasteiger partial charge in [0.05, 0.1) is 5.69 Å². The highest BCUT2D eigenvalue weighted by Crippen LogP contribution is 2.36. The molecule has 132 valence electrons. The van der Waals surface area contributed by atoms with Crippen LogP contribution in [0.25, 0.3) is 55.6 Å². The zero-order chi connectivity index (χ0) is 18.5. The molecule has 28 heavy (non-hydrogen) atoms. The van der Waals surface area contributed by atoms with Gasteiger partial charge in [-0.3, -0.25) is 0 Å². The summed E-state index contributed by atoms with van der Waals surface area (Å²) in [7, 11) is 0. The maximum absolute atomic E-state index is 6.16. The Morgan fingerprint density at radius 3 is 2.36 bits per heavy atom. The van der Waals surface area contributed by atoms with E-state index in [1.165, 1.54) is 0 Å². The highest BCUT2D eigenvalue weighted by molar-refractivity contribution is 6.09. The van der Waals surface area contributed by atoms with Crippen molar-refractivity contribution in [2.45, 2.75) is 0 Å². The summed E-state index contributed by atoms with van der Waals surface area (Å²) in [6.45, 7) is 0. The third-order valence-corrected chi connectivity index (χ3v) is 5.11. The van der Waals surface area contributed by atoms with E-state index in [9.17, 15) is 0 Å². The molecule has 3 aromatic heterocycles. The quantitative estimate of drug-likeness (QED) is 0.331. The third kappa shape index (κ3) is 2.26. The van der Waals surface area contributed by atoms with E-state index in [2.05, 4.69) is 24.3 Å². The Labute approximate surface area is 160 Å². The van der Waals surface area contributed by atoms with Crippen molar-refractivity contribution in [3.63, 3.8) is 0 Å². The minimum atomic E-state index is 0.777. The molecule has 0 aliphatic rings. The van der Waals surface area contributed by atoms with E-state index in [1.807, 2.05) is 66.7 Å². The van der Waals surface area contributed by atoms with Crippen LogP contribution in [0.1, 0.15) is 0 Å². The van der Waals surface area contributed by atoms with Crippen molar-refractivity contribution in [1.29, 1.82) is 0 Å². The molecule has 0 spiro atoms. The molecule has 0 saturated heterocycles. The van der Waals surface area contributed by atoms with Gasteiger partial charge in [-0.15, -0.1) is 0 Å². The minimum absolute atomic E-state index is 0.777. The highest BCUT2D eigenvalue weighted by atomic mass is 16.3. The molecule has 3 heteroatoms. The second kappa shape index (κ2) is 5.83. The Morgan fingerprint density at radius 1 is 0.607 bits per heavy atom. The minimum Gasteiger partial charge on any atom is -0.455 e. The average molecular weight is 361 g/mol. The fraction of sp³-hybridized carbons (Fsp3) is 0. The third-order valence-electron chi connectivity index (χ3n) is 5.11. The van der Waals surface area contributed by atoms with Crippen LogP contribution in [-0.4, -0.2) is 4.98 Å². The standard InChI is InChI=1S/C25H15NO2/c1-2-7-16(8-3-1)24-15-21-23(27-24)14-13-20(26-21)19-11-6-10-18-17-9-4-5-12-22(17)28-25(18)19/h1-15H. The summed E-state index contributed by atoms with van der Waals surface area (Å²) in [6.07, 6.45) is 0. The van der Waals surface area contributed by atoms with Crippen molar-refractivity contribution in [3.05, 3.63) is 91.0 Å². The van der Waals surface area contributed by atoms with Gasteiger partial charge in [0.2, 0.25) is 0 Å². The lowest BCUT2D eigenvalue weighted by molar-refractivity contribution is 0.631. The van der Waals surface area contributed by atoms with Crippen LogP contribution in [-0.2, 0) is 0 Å². The van der Waals surface area contributed by atoms with Gasteiger partial charge in [0.1, 0.15) is 22.4 Å². The topological polar surface area (TPSA) is 39.2 Å². The van der Waals surface area contributed by atoms with Crippen LogP contribution in [0, 0.1) is 0 Å². The van der Waals surface area contributed by atoms with E-state index in [0.717, 1.165) is 55.6 Å². The van der Waals surface area contributed by atoms with Gasteiger partial charge in [0, 0.05) is 28.0 Å². The summed E-state index contributed by atoms with van der Waals surface area (Å²) < 4.78 is 12.2. The van der Waals surface area contributed by atoms with Gasteiger partial charge >= 0.3 is 0 Å². The highest BCUT2D eigenvalue weighted by Gasteiger charge is 2.14. The van der Waals surface area contributed by atoms with E-state index in [1.54, 1.807) is 0 Å². The van der Waals surface area contributed by atoms with Gasteiger partial charge in [0.25, 0.3) is 0 Å². The first kappa shape index (κ1) is 15.2. The van der Waals surface area contributed by atoms with Crippen molar-refractivity contribution in [3.8, 4) is 22.6 Å². The Hall–Kier alpha value is -3.85. The van der Waals surface area contributed by atoms with Crippen LogP contribution in [0.5, 0.6) is 0 Å². The summed E-state index contributed by atoms with van der Waals surface area (Å²) in [5.41, 5.74) is 6.27. The molecule has 0 fully saturated rings. The van der Waals surface area contributed by atoms with E-state index in [4.69, 9.17) is 13.8 Å². The molecular formula is C25H15NO2. The number of furan rings is 2. The molecule has 6 aromatic rings. The number of hydrogen-bond acceptors (Lipinski definition) is 3. The number of rotatable bonds is 2. The van der Waals surface area contributed by atoms with Crippen molar-refractivity contribution in [2.24, 2.45) is 0 Å². The van der Waals surface area contributed by atoms with Crippen LogP contribution in [0.4, 0.5) is 0 Å². The van der Waals surface area contributed by atoms with Gasteiger partial charge in [0.15, 0.2) is 5.58 Å². The number of pyridine rings is 1. The first-order chi connectivity index (χ1) is 13.9. The van der Waals surface area contributed by atoms with Crippen molar-refractivity contribution < 1.29 is 8.83 Å². The van der Waals surface area contributed by atoms with Crippen LogP contribution < -0.4 is 0 Å². The smallest absolute Gasteiger partial charge is 0.153 e. The number of benzene rings is 3. The normalized spacial score (nSPS) is 11.6. The lowest BCUT2D eigenvalue weighted by Gasteiger charge is -2.01. The first-order valence-electron chi connectivity index (χ1n) is 9.23. The molecule has 0 N–H and O–H groups in total. The molecule has 0 radical (unpaired) electrons. The van der Waals surface area contributed by atoms with E-state index in [0.29, 0.717) is 0 Å². The molecular weight excluding hydrogens is 346 g/mol. The Morgan fingerprint density at radius 2 is 1.43 bits per heavy atom. The molecule has 3 nitrogen and oxygen atoms in total. The van der Waals surface area contributed by atoms with Gasteiger partial charge in [-0.1, -0.05) is 60.7 Å². The van der Waals surface area contributed by atoms with Gasteiger partial charge in [-0.05, 0) is 24.3 Å². The van der Waals surface area contributed by atoms with E-state index in [-0.39, 0.29) is 0 Å². The molecule has 0 saturated carbocycles. The maximum atomic E-state index is 6.16. The molecule has 0 bridgehead atoms. The summed E-state index contributed by atoms with van der Waals surface area (Å²) in [6, 6.07) is 30.3. The zero-order valence-corrected chi connectivity index (χ0v) is 14.9. The van der Waals surface area contributed by atoms with Crippen molar-refractivity contribution in [1.82, 2.24) is 4.98 Å². The second-order valence-corrected chi connectivity index (χ2v) is 6.84. The number of hydrogen-bond donors (Lipinski definition) is 0. The molecule has 6 rings (SSSR count). The predicted octanol–water partition coefficient (Wildman–Crippen LogP) is 7.06. The first-order valence-corrected chi connectivity index (χ1v) is 9.23. The largest absolute Gasteiger partial charge is 0.455 e. The lowest BCUT2D eigenvalue weighted by atomic mass is 10.1. The van der Waals surface area contributed by atoms with Gasteiger partial charge in [-0.2, -0.15) is 0 Å². The second-order valence-electron chi connectivity index (χ2n) is 6.84. The number of aromatic nitrogens is 1. The Balaban J connectivity index is 1.55.